The zero-order chi connectivity index (χ0) is 14.4. The molecule has 5 heteroatoms. The second-order valence-corrected chi connectivity index (χ2v) is 5.93. The number of likely N-dealkylation sites (tertiary alicyclic amines) is 1. The molecule has 0 aliphatic carbocycles. The average Bonchev–Trinajstić information content (AvgIpc) is 2.48. The molecule has 0 unspecified atom stereocenters. The van der Waals surface area contributed by atoms with E-state index in [1.54, 1.807) is 46.9 Å². The van der Waals surface area contributed by atoms with E-state index >= 15 is 0 Å². The van der Waals surface area contributed by atoms with Gasteiger partial charge in [0.15, 0.2) is 0 Å². The minimum Gasteiger partial charge on any atom is -0.492 e. The molecule has 1 fully saturated rings. The van der Waals surface area contributed by atoms with Crippen molar-refractivity contribution in [1.29, 1.82) is 0 Å². The van der Waals surface area contributed by atoms with Crippen LogP contribution in [0.1, 0.15) is 24.8 Å². The lowest BCUT2D eigenvalue weighted by molar-refractivity contribution is 0.183. The van der Waals surface area contributed by atoms with Gasteiger partial charge in [-0.2, -0.15) is 8.78 Å². The summed E-state index contributed by atoms with van der Waals surface area (Å²) in [6.07, 6.45) is 2.22. The van der Waals surface area contributed by atoms with E-state index < -0.39 is 6.08 Å². The molecule has 0 aromatic heterocycles. The molecule has 0 bridgehead atoms. The van der Waals surface area contributed by atoms with Gasteiger partial charge in [-0.25, -0.2) is 0 Å². The molecule has 2 rings (SSSR count). The first-order chi connectivity index (χ1) is 9.66. The number of nitrogens with zero attached hydrogens (tertiary/aromatic N) is 1. The predicted molar refractivity (Wildman–Crippen MR) is 85.4 cm³/mol. The van der Waals surface area contributed by atoms with Crippen LogP contribution in [0.2, 0.25) is 0 Å². The molecule has 1 aliphatic rings. The second kappa shape index (κ2) is 7.93. The highest BCUT2D eigenvalue weighted by Gasteiger charge is 2.09. The predicted octanol–water partition coefficient (Wildman–Crippen LogP) is 4.55. The molecule has 0 amide bonds. The molecule has 1 aromatic rings. The number of hydrogen-bond donors (Lipinski definition) is 0. The van der Waals surface area contributed by atoms with Gasteiger partial charge in [-0.05, 0) is 66.2 Å². The maximum atomic E-state index is 12.5. The number of piperidine rings is 1. The summed E-state index contributed by atoms with van der Waals surface area (Å²) >= 11 is 1.65. The van der Waals surface area contributed by atoms with Crippen LogP contribution < -0.4 is 4.74 Å². The smallest absolute Gasteiger partial charge is 0.284 e. The van der Waals surface area contributed by atoms with Crippen LogP contribution in [-0.2, 0) is 0 Å². The molecule has 1 heterocycles. The van der Waals surface area contributed by atoms with E-state index in [0.717, 1.165) is 25.4 Å². The highest BCUT2D eigenvalue weighted by Crippen LogP contribution is 2.28. The maximum Gasteiger partial charge on any atom is 0.284 e. The Bertz CT molecular complexity index is 451. The largest absolute Gasteiger partial charge is 0.492 e. The van der Waals surface area contributed by atoms with Gasteiger partial charge in [0.2, 0.25) is 0 Å². The van der Waals surface area contributed by atoms with Crippen LogP contribution >= 0.6 is 22.6 Å². The summed E-state index contributed by atoms with van der Waals surface area (Å²) in [5.41, 5.74) is 0.522. The monoisotopic (exact) mass is 393 g/mol. The Balaban J connectivity index is 1.80. The van der Waals surface area contributed by atoms with Crippen molar-refractivity contribution in [2.75, 3.05) is 26.2 Å². The number of benzene rings is 1. The Morgan fingerprint density at radius 3 is 2.35 bits per heavy atom. The number of ether oxygens (including phenoxy) is 1. The van der Waals surface area contributed by atoms with Crippen molar-refractivity contribution in [2.24, 2.45) is 0 Å². The van der Waals surface area contributed by atoms with Crippen LogP contribution in [-0.4, -0.2) is 31.1 Å². The fraction of sp³-hybridized carbons (Fsp3) is 0.467. The Morgan fingerprint density at radius 2 is 1.75 bits per heavy atom. The quantitative estimate of drug-likeness (QED) is 0.681. The van der Waals surface area contributed by atoms with Gasteiger partial charge in [0.25, 0.3) is 6.08 Å². The molecule has 2 nitrogen and oxygen atoms in total. The lowest BCUT2D eigenvalue weighted by atomic mass is 10.1. The molecule has 1 aliphatic heterocycles. The Labute approximate surface area is 131 Å². The first-order valence-corrected chi connectivity index (χ1v) is 7.91. The van der Waals surface area contributed by atoms with Gasteiger partial charge in [0.05, 0.1) is 3.58 Å². The number of rotatable bonds is 5. The lowest BCUT2D eigenvalue weighted by Gasteiger charge is -2.26. The van der Waals surface area contributed by atoms with Crippen LogP contribution in [0.15, 0.2) is 30.3 Å². The van der Waals surface area contributed by atoms with Crippen molar-refractivity contribution in [3.8, 4) is 5.75 Å². The van der Waals surface area contributed by atoms with E-state index in [1.807, 2.05) is 0 Å². The highest BCUT2D eigenvalue weighted by molar-refractivity contribution is 14.1. The Morgan fingerprint density at radius 1 is 1.10 bits per heavy atom. The number of halogens is 3. The number of hydrogen-bond acceptors (Lipinski definition) is 2. The van der Waals surface area contributed by atoms with E-state index in [9.17, 15) is 8.78 Å². The SMILES string of the molecule is FC(F)=C(I)c1ccc(OCCN2CCCCC2)cc1. The molecular formula is C15H18F2INO. The minimum atomic E-state index is -1.65. The van der Waals surface area contributed by atoms with Crippen LogP contribution in [0.4, 0.5) is 8.78 Å². The molecule has 1 saturated heterocycles. The second-order valence-electron chi connectivity index (χ2n) is 4.85. The van der Waals surface area contributed by atoms with Gasteiger partial charge >= 0.3 is 0 Å². The van der Waals surface area contributed by atoms with Gasteiger partial charge in [0, 0.05) is 6.54 Å². The summed E-state index contributed by atoms with van der Waals surface area (Å²) in [6, 6.07) is 6.81. The van der Waals surface area contributed by atoms with Gasteiger partial charge in [-0.3, -0.25) is 4.90 Å². The summed E-state index contributed by atoms with van der Waals surface area (Å²) in [4.78, 5) is 2.40. The van der Waals surface area contributed by atoms with E-state index in [4.69, 9.17) is 4.74 Å². The zero-order valence-electron chi connectivity index (χ0n) is 11.2. The van der Waals surface area contributed by atoms with E-state index in [1.165, 1.54) is 19.3 Å². The molecule has 20 heavy (non-hydrogen) atoms. The molecular weight excluding hydrogens is 375 g/mol. The summed E-state index contributed by atoms with van der Waals surface area (Å²) < 4.78 is 30.6. The zero-order valence-corrected chi connectivity index (χ0v) is 13.4. The molecule has 0 atom stereocenters. The first kappa shape index (κ1) is 15.7. The first-order valence-electron chi connectivity index (χ1n) is 6.83. The van der Waals surface area contributed by atoms with Crippen molar-refractivity contribution in [2.45, 2.75) is 19.3 Å². The van der Waals surface area contributed by atoms with Crippen LogP contribution in [0, 0.1) is 0 Å². The molecule has 0 saturated carbocycles. The van der Waals surface area contributed by atoms with Crippen LogP contribution in [0.3, 0.4) is 0 Å². The van der Waals surface area contributed by atoms with Gasteiger partial charge in [-0.15, -0.1) is 0 Å². The van der Waals surface area contributed by atoms with Crippen molar-refractivity contribution in [1.82, 2.24) is 4.90 Å². The van der Waals surface area contributed by atoms with E-state index in [0.29, 0.717) is 12.2 Å². The molecule has 0 spiro atoms. The third kappa shape index (κ3) is 4.70. The maximum absolute atomic E-state index is 12.5. The highest BCUT2D eigenvalue weighted by atomic mass is 127. The average molecular weight is 393 g/mol. The van der Waals surface area contributed by atoms with Gasteiger partial charge in [0.1, 0.15) is 12.4 Å². The topological polar surface area (TPSA) is 12.5 Å². The van der Waals surface area contributed by atoms with Gasteiger partial charge in [-0.1, -0.05) is 18.6 Å². The van der Waals surface area contributed by atoms with Crippen molar-refractivity contribution in [3.63, 3.8) is 0 Å². The summed E-state index contributed by atoms with van der Waals surface area (Å²) in [6.45, 7) is 3.88. The minimum absolute atomic E-state index is 0.0116. The third-order valence-corrected chi connectivity index (χ3v) is 4.43. The molecule has 110 valence electrons. The van der Waals surface area contributed by atoms with Crippen molar-refractivity contribution < 1.29 is 13.5 Å². The van der Waals surface area contributed by atoms with E-state index in [2.05, 4.69) is 4.90 Å². The third-order valence-electron chi connectivity index (χ3n) is 3.40. The van der Waals surface area contributed by atoms with Crippen LogP contribution in [0.5, 0.6) is 5.75 Å². The molecule has 0 radical (unpaired) electrons. The lowest BCUT2D eigenvalue weighted by Crippen LogP contribution is -2.33. The summed E-state index contributed by atoms with van der Waals surface area (Å²) in [5, 5.41) is 0. The van der Waals surface area contributed by atoms with Gasteiger partial charge < -0.3 is 4.74 Å². The van der Waals surface area contributed by atoms with Crippen molar-refractivity contribution in [3.05, 3.63) is 35.9 Å². The fourth-order valence-electron chi connectivity index (χ4n) is 2.28. The van der Waals surface area contributed by atoms with Crippen LogP contribution in [0.25, 0.3) is 3.58 Å². The summed E-state index contributed by atoms with van der Waals surface area (Å²) in [5.74, 6) is 0.731. The Hall–Kier alpha value is -0.690. The standard InChI is InChI=1S/C15H18F2INO/c16-15(17)14(18)12-4-6-13(7-5-12)20-11-10-19-8-2-1-3-9-19/h4-7H,1-3,8-11H2. The van der Waals surface area contributed by atoms with E-state index in [-0.39, 0.29) is 3.58 Å². The fourth-order valence-corrected chi connectivity index (χ4v) is 2.64. The normalized spacial score (nSPS) is 15.9. The Kier molecular flexibility index (Phi) is 6.22. The van der Waals surface area contributed by atoms with Crippen molar-refractivity contribution >= 4 is 26.2 Å². The summed E-state index contributed by atoms with van der Waals surface area (Å²) in [7, 11) is 0. The molecule has 0 N–H and O–H groups in total. The molecule has 1 aromatic carbocycles.